The van der Waals surface area contributed by atoms with E-state index in [0.717, 1.165) is 17.2 Å². The van der Waals surface area contributed by atoms with Gasteiger partial charge in [0, 0.05) is 12.6 Å². The van der Waals surface area contributed by atoms with Crippen LogP contribution in [0.1, 0.15) is 22.4 Å². The van der Waals surface area contributed by atoms with Crippen molar-refractivity contribution < 1.29 is 17.9 Å². The first-order valence-electron chi connectivity index (χ1n) is 6.35. The molecule has 0 saturated heterocycles. The van der Waals surface area contributed by atoms with Crippen molar-refractivity contribution in [1.82, 2.24) is 4.98 Å². The molecule has 0 fully saturated rings. The molecule has 1 heterocycles. The molecule has 112 valence electrons. The first-order chi connectivity index (χ1) is 9.88. The van der Waals surface area contributed by atoms with Crippen LogP contribution in [0.4, 0.5) is 13.2 Å². The van der Waals surface area contributed by atoms with E-state index in [2.05, 4.69) is 4.98 Å². The number of aromatic nitrogens is 1. The van der Waals surface area contributed by atoms with Gasteiger partial charge in [0.2, 0.25) is 5.88 Å². The van der Waals surface area contributed by atoms with Gasteiger partial charge in [0.05, 0.1) is 0 Å². The lowest BCUT2D eigenvalue weighted by molar-refractivity contribution is -0.141. The zero-order valence-corrected chi connectivity index (χ0v) is 11.4. The molecule has 0 amide bonds. The maximum absolute atomic E-state index is 12.7. The van der Waals surface area contributed by atoms with Crippen LogP contribution in [-0.4, -0.2) is 4.98 Å². The highest BCUT2D eigenvalue weighted by Gasteiger charge is 2.33. The summed E-state index contributed by atoms with van der Waals surface area (Å²) < 4.78 is 43.6. The molecule has 2 aromatic rings. The minimum Gasteiger partial charge on any atom is -0.473 e. The first kappa shape index (κ1) is 15.3. The molecule has 6 heteroatoms. The Hall–Kier alpha value is -2.08. The van der Waals surface area contributed by atoms with Crippen LogP contribution in [0.3, 0.4) is 0 Å². The van der Waals surface area contributed by atoms with Gasteiger partial charge in [-0.25, -0.2) is 4.98 Å². The van der Waals surface area contributed by atoms with E-state index in [0.29, 0.717) is 5.56 Å². The Balaban J connectivity index is 2.19. The van der Waals surface area contributed by atoms with Gasteiger partial charge in [-0.2, -0.15) is 13.2 Å². The van der Waals surface area contributed by atoms with E-state index >= 15 is 0 Å². The number of rotatable bonds is 4. The largest absolute Gasteiger partial charge is 0.473 e. The fraction of sp³-hybridized carbons (Fsp3) is 0.267. The van der Waals surface area contributed by atoms with E-state index in [-0.39, 0.29) is 19.0 Å². The van der Waals surface area contributed by atoms with Gasteiger partial charge in [0.15, 0.2) is 0 Å². The molecule has 0 bridgehead atoms. The molecule has 0 aliphatic carbocycles. The first-order valence-corrected chi connectivity index (χ1v) is 6.35. The van der Waals surface area contributed by atoms with Gasteiger partial charge in [0.25, 0.3) is 0 Å². The van der Waals surface area contributed by atoms with Crippen molar-refractivity contribution in [3.8, 4) is 5.88 Å². The number of aryl methyl sites for hydroxylation is 1. The average Bonchev–Trinajstić information content (AvgIpc) is 2.44. The molecule has 0 radical (unpaired) electrons. The highest BCUT2D eigenvalue weighted by atomic mass is 19.4. The second-order valence-electron chi connectivity index (χ2n) is 4.68. The Morgan fingerprint density at radius 1 is 1.14 bits per heavy atom. The number of halogens is 3. The van der Waals surface area contributed by atoms with Crippen molar-refractivity contribution in [2.45, 2.75) is 26.3 Å². The fourth-order valence-corrected chi connectivity index (χ4v) is 1.86. The van der Waals surface area contributed by atoms with Crippen molar-refractivity contribution in [3.05, 3.63) is 58.8 Å². The molecule has 1 aromatic heterocycles. The predicted octanol–water partition coefficient (Wildman–Crippen LogP) is 3.45. The third-order valence-corrected chi connectivity index (χ3v) is 2.86. The van der Waals surface area contributed by atoms with Crippen molar-refractivity contribution in [3.63, 3.8) is 0 Å². The summed E-state index contributed by atoms with van der Waals surface area (Å²) in [6.07, 6.45) is -4.52. The molecule has 2 N–H and O–H groups in total. The molecule has 0 aliphatic heterocycles. The molecule has 3 nitrogen and oxygen atoms in total. The number of ether oxygens (including phenoxy) is 1. The second-order valence-corrected chi connectivity index (χ2v) is 4.68. The third kappa shape index (κ3) is 4.19. The Bertz CT molecular complexity index is 627. The van der Waals surface area contributed by atoms with E-state index in [1.165, 1.54) is 6.07 Å². The molecule has 1 aromatic carbocycles. The van der Waals surface area contributed by atoms with Gasteiger partial charge in [0.1, 0.15) is 12.3 Å². The van der Waals surface area contributed by atoms with E-state index in [4.69, 9.17) is 10.5 Å². The summed E-state index contributed by atoms with van der Waals surface area (Å²) in [4.78, 5) is 3.49. The van der Waals surface area contributed by atoms with E-state index in [1.807, 2.05) is 31.2 Å². The number of hydrogen-bond donors (Lipinski definition) is 1. The van der Waals surface area contributed by atoms with Crippen molar-refractivity contribution in [2.75, 3.05) is 0 Å². The maximum Gasteiger partial charge on any atom is 0.433 e. The minimum absolute atomic E-state index is 0.00753. The summed E-state index contributed by atoms with van der Waals surface area (Å²) in [5, 5.41) is 0. The average molecular weight is 296 g/mol. The van der Waals surface area contributed by atoms with Crippen LogP contribution in [0.2, 0.25) is 0 Å². The molecular formula is C15H15F3N2O. The van der Waals surface area contributed by atoms with Crippen LogP contribution in [0.25, 0.3) is 0 Å². The fourth-order valence-electron chi connectivity index (χ4n) is 1.86. The number of benzene rings is 1. The van der Waals surface area contributed by atoms with Crippen LogP contribution in [0.5, 0.6) is 5.88 Å². The second kappa shape index (κ2) is 6.13. The van der Waals surface area contributed by atoms with Gasteiger partial charge in [-0.3, -0.25) is 0 Å². The normalized spacial score (nSPS) is 11.5. The van der Waals surface area contributed by atoms with Crippen LogP contribution >= 0.6 is 0 Å². The van der Waals surface area contributed by atoms with E-state index in [9.17, 15) is 13.2 Å². The molecular weight excluding hydrogens is 281 g/mol. The zero-order chi connectivity index (χ0) is 15.5. The van der Waals surface area contributed by atoms with Gasteiger partial charge in [-0.05, 0) is 24.1 Å². The van der Waals surface area contributed by atoms with E-state index < -0.39 is 11.9 Å². The lowest BCUT2D eigenvalue weighted by Crippen LogP contribution is -2.11. The number of nitrogens with zero attached hydrogens (tertiary/aromatic N) is 1. The number of alkyl halides is 3. The topological polar surface area (TPSA) is 48.1 Å². The van der Waals surface area contributed by atoms with E-state index in [1.54, 1.807) is 0 Å². The Morgan fingerprint density at radius 2 is 1.90 bits per heavy atom. The number of nitrogens with two attached hydrogens (primary N) is 1. The third-order valence-electron chi connectivity index (χ3n) is 2.86. The molecule has 21 heavy (non-hydrogen) atoms. The van der Waals surface area contributed by atoms with Gasteiger partial charge in [-0.1, -0.05) is 29.8 Å². The monoisotopic (exact) mass is 296 g/mol. The SMILES string of the molecule is Cc1cccc(COc2cc(CN)cc(C(F)(F)F)n2)c1. The molecule has 0 atom stereocenters. The van der Waals surface area contributed by atoms with Crippen LogP contribution in [-0.2, 0) is 19.3 Å². The molecule has 0 aliphatic rings. The van der Waals surface area contributed by atoms with Gasteiger partial charge >= 0.3 is 6.18 Å². The summed E-state index contributed by atoms with van der Waals surface area (Å²) in [7, 11) is 0. The van der Waals surface area contributed by atoms with Crippen LogP contribution < -0.4 is 10.5 Å². The van der Waals surface area contributed by atoms with Gasteiger partial charge in [-0.15, -0.1) is 0 Å². The summed E-state index contributed by atoms with van der Waals surface area (Å²) in [5.41, 5.74) is 6.66. The standard InChI is InChI=1S/C15H15F3N2O/c1-10-3-2-4-11(5-10)9-21-14-7-12(8-19)6-13(20-14)15(16,17)18/h2-7H,8-9,19H2,1H3. The highest BCUT2D eigenvalue weighted by Crippen LogP contribution is 2.30. The maximum atomic E-state index is 12.7. The number of pyridine rings is 1. The number of hydrogen-bond acceptors (Lipinski definition) is 3. The summed E-state index contributed by atoms with van der Waals surface area (Å²) in [6.45, 7) is 2.07. The molecule has 0 saturated carbocycles. The predicted molar refractivity (Wildman–Crippen MR) is 72.6 cm³/mol. The highest BCUT2D eigenvalue weighted by molar-refractivity contribution is 5.27. The molecule has 2 rings (SSSR count). The summed E-state index contributed by atoms with van der Waals surface area (Å²) >= 11 is 0. The quantitative estimate of drug-likeness (QED) is 0.940. The Kier molecular flexibility index (Phi) is 4.47. The Labute approximate surface area is 120 Å². The van der Waals surface area contributed by atoms with Crippen molar-refractivity contribution in [1.29, 1.82) is 0 Å². The molecule has 0 unspecified atom stereocenters. The van der Waals surface area contributed by atoms with Gasteiger partial charge < -0.3 is 10.5 Å². The lowest BCUT2D eigenvalue weighted by Gasteiger charge is -2.11. The van der Waals surface area contributed by atoms with Crippen LogP contribution in [0.15, 0.2) is 36.4 Å². The smallest absolute Gasteiger partial charge is 0.433 e. The Morgan fingerprint density at radius 3 is 2.52 bits per heavy atom. The van der Waals surface area contributed by atoms with Crippen molar-refractivity contribution >= 4 is 0 Å². The lowest BCUT2D eigenvalue weighted by atomic mass is 10.1. The molecule has 0 spiro atoms. The van der Waals surface area contributed by atoms with Crippen molar-refractivity contribution in [2.24, 2.45) is 5.73 Å². The minimum atomic E-state index is -4.52. The van der Waals surface area contributed by atoms with Crippen LogP contribution in [0, 0.1) is 6.92 Å². The summed E-state index contributed by atoms with van der Waals surface area (Å²) in [6, 6.07) is 9.88. The zero-order valence-electron chi connectivity index (χ0n) is 11.4. The summed E-state index contributed by atoms with van der Waals surface area (Å²) in [5.74, 6) is -0.0771.